The molecule has 122 valence electrons. The summed E-state index contributed by atoms with van der Waals surface area (Å²) in [7, 11) is -3.94. The molecule has 0 spiro atoms. The van der Waals surface area contributed by atoms with Gasteiger partial charge in [-0.25, -0.2) is 0 Å². The minimum Gasteiger partial charge on any atom is -0.399 e. The van der Waals surface area contributed by atoms with Crippen LogP contribution in [0.4, 0.5) is 5.69 Å². The van der Waals surface area contributed by atoms with Crippen molar-refractivity contribution in [1.29, 1.82) is 0 Å². The Labute approximate surface area is 140 Å². The molecule has 0 heterocycles. The predicted octanol–water partition coefficient (Wildman–Crippen LogP) is 4.91. The number of phosphoric ester groups is 1. The fraction of sp³-hybridized carbons (Fsp3) is 0. The Balaban J connectivity index is 1.87. The summed E-state index contributed by atoms with van der Waals surface area (Å²) < 4.78 is 29.7. The van der Waals surface area contributed by atoms with E-state index in [0.29, 0.717) is 22.9 Å². The molecule has 3 aromatic carbocycles. The largest absolute Gasteiger partial charge is 0.647 e. The number of anilines is 1. The monoisotopic (exact) mass is 341 g/mol. The lowest BCUT2D eigenvalue weighted by molar-refractivity contribution is 0.298. The minimum atomic E-state index is -3.94. The van der Waals surface area contributed by atoms with Crippen LogP contribution < -0.4 is 19.3 Å². The van der Waals surface area contributed by atoms with E-state index in [0.717, 1.165) is 0 Å². The van der Waals surface area contributed by atoms with E-state index in [-0.39, 0.29) is 0 Å². The predicted molar refractivity (Wildman–Crippen MR) is 93.2 cm³/mol. The standard InChI is InChI=1S/C18H16NO4P/c19-15-11-13-18(14-12-15)23-24(20,21-16-7-3-1-4-8-16)22-17-9-5-2-6-10-17/h1-14H,19H2. The second kappa shape index (κ2) is 7.11. The van der Waals surface area contributed by atoms with Crippen LogP contribution in [0, 0.1) is 0 Å². The SMILES string of the molecule is Nc1ccc(OP(=O)(Oc2ccccc2)Oc2ccccc2)cc1. The molecule has 0 atom stereocenters. The summed E-state index contributed by atoms with van der Waals surface area (Å²) in [5, 5.41) is 0. The van der Waals surface area contributed by atoms with Gasteiger partial charge in [-0.3, -0.25) is 0 Å². The van der Waals surface area contributed by atoms with Crippen LogP contribution in [0.3, 0.4) is 0 Å². The van der Waals surface area contributed by atoms with E-state index in [1.165, 1.54) is 0 Å². The van der Waals surface area contributed by atoms with Crippen LogP contribution in [-0.2, 0) is 4.57 Å². The van der Waals surface area contributed by atoms with Gasteiger partial charge < -0.3 is 19.3 Å². The normalized spacial score (nSPS) is 10.8. The van der Waals surface area contributed by atoms with Gasteiger partial charge in [0, 0.05) is 5.69 Å². The van der Waals surface area contributed by atoms with Gasteiger partial charge in [0.2, 0.25) is 0 Å². The van der Waals surface area contributed by atoms with E-state index >= 15 is 0 Å². The highest BCUT2D eigenvalue weighted by atomic mass is 31.2. The first-order valence-electron chi connectivity index (χ1n) is 7.27. The van der Waals surface area contributed by atoms with Crippen LogP contribution in [0.25, 0.3) is 0 Å². The molecule has 0 saturated carbocycles. The number of rotatable bonds is 6. The minimum absolute atomic E-state index is 0.333. The maximum absolute atomic E-state index is 13.1. The van der Waals surface area contributed by atoms with Crippen molar-refractivity contribution >= 4 is 13.5 Å². The molecule has 3 rings (SSSR count). The van der Waals surface area contributed by atoms with Gasteiger partial charge >= 0.3 is 7.82 Å². The van der Waals surface area contributed by atoms with Crippen LogP contribution >= 0.6 is 7.82 Å². The highest BCUT2D eigenvalue weighted by Gasteiger charge is 2.33. The van der Waals surface area contributed by atoms with Gasteiger partial charge in [-0.2, -0.15) is 4.57 Å². The first kappa shape index (κ1) is 16.0. The van der Waals surface area contributed by atoms with E-state index in [1.54, 1.807) is 72.8 Å². The average Bonchev–Trinajstić information content (AvgIpc) is 2.58. The third-order valence-electron chi connectivity index (χ3n) is 3.02. The van der Waals surface area contributed by atoms with Crippen LogP contribution in [0.1, 0.15) is 0 Å². The molecule has 0 aliphatic heterocycles. The van der Waals surface area contributed by atoms with E-state index in [4.69, 9.17) is 19.3 Å². The van der Waals surface area contributed by atoms with Gasteiger partial charge in [0.15, 0.2) is 0 Å². The summed E-state index contributed by atoms with van der Waals surface area (Å²) in [6.07, 6.45) is 0. The molecule has 0 saturated heterocycles. The van der Waals surface area contributed by atoms with Crippen LogP contribution in [0.15, 0.2) is 84.9 Å². The Morgan fingerprint density at radius 3 is 1.38 bits per heavy atom. The molecule has 0 fully saturated rings. The molecular weight excluding hydrogens is 325 g/mol. The average molecular weight is 341 g/mol. The summed E-state index contributed by atoms with van der Waals surface area (Å²) in [6.45, 7) is 0. The summed E-state index contributed by atoms with van der Waals surface area (Å²) in [6, 6.07) is 23.9. The van der Waals surface area contributed by atoms with Gasteiger partial charge in [-0.1, -0.05) is 36.4 Å². The molecule has 0 aromatic heterocycles. The van der Waals surface area contributed by atoms with Crippen molar-refractivity contribution in [3.63, 3.8) is 0 Å². The number of hydrogen-bond acceptors (Lipinski definition) is 5. The Kier molecular flexibility index (Phi) is 4.73. The topological polar surface area (TPSA) is 70.8 Å². The lowest BCUT2D eigenvalue weighted by Gasteiger charge is -2.19. The fourth-order valence-electron chi connectivity index (χ4n) is 1.93. The van der Waals surface area contributed by atoms with Crippen molar-refractivity contribution in [1.82, 2.24) is 0 Å². The molecule has 0 unspecified atom stereocenters. The van der Waals surface area contributed by atoms with Crippen molar-refractivity contribution in [3.8, 4) is 17.2 Å². The molecule has 0 aliphatic carbocycles. The zero-order valence-electron chi connectivity index (χ0n) is 12.7. The molecular formula is C18H16NO4P. The zero-order chi connectivity index (χ0) is 16.8. The maximum Gasteiger partial charge on any atom is 0.647 e. The van der Waals surface area contributed by atoms with Gasteiger partial charge in [0.05, 0.1) is 0 Å². The summed E-state index contributed by atoms with van der Waals surface area (Å²) in [4.78, 5) is 0. The van der Waals surface area contributed by atoms with E-state index in [2.05, 4.69) is 0 Å². The van der Waals surface area contributed by atoms with Crippen molar-refractivity contribution in [2.24, 2.45) is 0 Å². The Morgan fingerprint density at radius 1 is 0.583 bits per heavy atom. The Bertz CT molecular complexity index is 777. The van der Waals surface area contributed by atoms with Crippen LogP contribution in [0.5, 0.6) is 17.2 Å². The fourth-order valence-corrected chi connectivity index (χ4v) is 3.19. The lowest BCUT2D eigenvalue weighted by atomic mass is 10.3. The first-order chi connectivity index (χ1) is 11.6. The lowest BCUT2D eigenvalue weighted by Crippen LogP contribution is -2.07. The molecule has 6 heteroatoms. The summed E-state index contributed by atoms with van der Waals surface area (Å²) >= 11 is 0. The quantitative estimate of drug-likeness (QED) is 0.509. The van der Waals surface area contributed by atoms with E-state index in [1.807, 2.05) is 12.1 Å². The first-order valence-corrected chi connectivity index (χ1v) is 8.73. The Morgan fingerprint density at radius 2 is 0.958 bits per heavy atom. The van der Waals surface area contributed by atoms with Gasteiger partial charge in [-0.05, 0) is 48.5 Å². The van der Waals surface area contributed by atoms with Crippen LogP contribution in [-0.4, -0.2) is 0 Å². The highest BCUT2D eigenvalue weighted by molar-refractivity contribution is 7.49. The molecule has 0 amide bonds. The third-order valence-corrected chi connectivity index (χ3v) is 4.32. The van der Waals surface area contributed by atoms with E-state index < -0.39 is 7.82 Å². The smallest absolute Gasteiger partial charge is 0.399 e. The number of para-hydroxylation sites is 2. The molecule has 0 radical (unpaired) electrons. The molecule has 0 aliphatic rings. The second-order valence-electron chi connectivity index (χ2n) is 4.92. The van der Waals surface area contributed by atoms with Crippen molar-refractivity contribution in [2.45, 2.75) is 0 Å². The van der Waals surface area contributed by atoms with Crippen molar-refractivity contribution in [3.05, 3.63) is 84.9 Å². The molecule has 0 bridgehead atoms. The summed E-state index contributed by atoms with van der Waals surface area (Å²) in [5.74, 6) is 1.10. The van der Waals surface area contributed by atoms with Crippen LogP contribution in [0.2, 0.25) is 0 Å². The number of phosphoric acid groups is 1. The second-order valence-corrected chi connectivity index (χ2v) is 6.36. The highest BCUT2D eigenvalue weighted by Crippen LogP contribution is 2.49. The molecule has 2 N–H and O–H groups in total. The van der Waals surface area contributed by atoms with Gasteiger partial charge in [0.25, 0.3) is 0 Å². The third kappa shape index (κ3) is 4.31. The number of nitrogens with two attached hydrogens (primary N) is 1. The number of hydrogen-bond donors (Lipinski definition) is 1. The van der Waals surface area contributed by atoms with Gasteiger partial charge in [0.1, 0.15) is 17.2 Å². The molecule has 5 nitrogen and oxygen atoms in total. The van der Waals surface area contributed by atoms with Crippen molar-refractivity contribution < 1.29 is 18.1 Å². The number of benzene rings is 3. The Hall–Kier alpha value is -2.91. The van der Waals surface area contributed by atoms with Crippen molar-refractivity contribution in [2.75, 3.05) is 5.73 Å². The molecule has 24 heavy (non-hydrogen) atoms. The summed E-state index contributed by atoms with van der Waals surface area (Å²) in [5.41, 5.74) is 6.22. The van der Waals surface area contributed by atoms with Gasteiger partial charge in [-0.15, -0.1) is 0 Å². The van der Waals surface area contributed by atoms with E-state index in [9.17, 15) is 4.57 Å². The zero-order valence-corrected chi connectivity index (χ0v) is 13.6. The maximum atomic E-state index is 13.1. The number of nitrogen functional groups attached to an aromatic ring is 1. The molecule has 3 aromatic rings.